The van der Waals surface area contributed by atoms with Crippen LogP contribution in [-0.4, -0.2) is 18.1 Å². The van der Waals surface area contributed by atoms with Gasteiger partial charge in [-0.25, -0.2) is 0 Å². The topological polar surface area (TPSA) is 162 Å². The number of rotatable bonds is 11. The fraction of sp³-hybridized carbons (Fsp3) is 0.154. The summed E-state index contributed by atoms with van der Waals surface area (Å²) in [6, 6.07) is 25.8. The van der Waals surface area contributed by atoms with Gasteiger partial charge in [-0.05, 0) is 109 Å². The first-order chi connectivity index (χ1) is 25.0. The summed E-state index contributed by atoms with van der Waals surface area (Å²) < 4.78 is 10.9. The Hall–Kier alpha value is -6.02. The van der Waals surface area contributed by atoms with E-state index < -0.39 is 0 Å². The van der Waals surface area contributed by atoms with Gasteiger partial charge < -0.3 is 25.8 Å². The van der Waals surface area contributed by atoms with Crippen molar-refractivity contribution in [2.24, 2.45) is 20.5 Å². The van der Waals surface area contributed by atoms with Crippen molar-refractivity contribution < 1.29 is 28.9 Å². The number of hydrogen-bond acceptors (Lipinski definition) is 12. The van der Waals surface area contributed by atoms with Gasteiger partial charge in [0.05, 0.1) is 35.9 Å². The third-order valence-electron chi connectivity index (χ3n) is 8.02. The Labute approximate surface area is 304 Å². The molecule has 0 radical (unpaired) electrons. The molecule has 1 amide bonds. The number of anilines is 2. The zero-order valence-corrected chi connectivity index (χ0v) is 30.2. The molecule has 6 aromatic rings. The molecule has 0 fully saturated rings. The van der Waals surface area contributed by atoms with Crippen molar-refractivity contribution >= 4 is 73.6 Å². The van der Waals surface area contributed by atoms with Crippen LogP contribution in [0.25, 0.3) is 21.5 Å². The summed E-state index contributed by atoms with van der Waals surface area (Å²) in [7, 11) is 1.48. The highest BCUT2D eigenvalue weighted by atomic mass is 32.2. The third-order valence-corrected chi connectivity index (χ3v) is 8.61. The predicted molar refractivity (Wildman–Crippen MR) is 204 cm³/mol. The molecule has 6 rings (SSSR count). The number of fused-ring (bicyclic) bond motifs is 2. The highest BCUT2D eigenvalue weighted by Gasteiger charge is 2.16. The number of nitrogens with zero attached hydrogens (tertiary/aromatic N) is 4. The standard InChI is InChI=1S/C39H36N6O6S/c1-21-7-11-29(12-8-21)52-51-50-49-36-16-23(3)14-27-13-22(2)15-34(37(27)36)44-42-32-20-35(48-6)33(19-31(32)41-25(5)46)43-45-38-24(4)17-26-9-10-28(40)18-30(26)39(38)47/h7-20,47H,40H2,1-6H3,(H,41,46). The summed E-state index contributed by atoms with van der Waals surface area (Å²) in [4.78, 5) is 18.8. The molecule has 264 valence electrons. The van der Waals surface area contributed by atoms with E-state index in [0.717, 1.165) is 44.4 Å². The second-order valence-corrected chi connectivity index (χ2v) is 13.0. The summed E-state index contributed by atoms with van der Waals surface area (Å²) in [5, 5.41) is 39.8. The minimum absolute atomic E-state index is 0.0524. The van der Waals surface area contributed by atoms with Crippen LogP contribution in [0.4, 0.5) is 34.1 Å². The molecule has 0 aliphatic carbocycles. The van der Waals surface area contributed by atoms with E-state index in [4.69, 9.17) is 24.7 Å². The molecular formula is C39H36N6O6S. The molecule has 0 atom stereocenters. The van der Waals surface area contributed by atoms with Crippen molar-refractivity contribution in [2.45, 2.75) is 39.5 Å². The van der Waals surface area contributed by atoms with E-state index in [1.807, 2.05) is 88.4 Å². The third kappa shape index (κ3) is 8.13. The summed E-state index contributed by atoms with van der Waals surface area (Å²) in [6.07, 6.45) is 0. The number of azo groups is 2. The van der Waals surface area contributed by atoms with Crippen molar-refractivity contribution in [3.8, 4) is 17.2 Å². The van der Waals surface area contributed by atoms with Crippen LogP contribution in [0.3, 0.4) is 0 Å². The monoisotopic (exact) mass is 716 g/mol. The average molecular weight is 717 g/mol. The maximum absolute atomic E-state index is 12.3. The largest absolute Gasteiger partial charge is 0.505 e. The van der Waals surface area contributed by atoms with Crippen molar-refractivity contribution in [1.29, 1.82) is 0 Å². The molecule has 0 saturated carbocycles. The molecule has 0 bridgehead atoms. The maximum atomic E-state index is 12.3. The van der Waals surface area contributed by atoms with Crippen LogP contribution in [0.15, 0.2) is 110 Å². The first kappa shape index (κ1) is 35.8. The summed E-state index contributed by atoms with van der Waals surface area (Å²) in [5.41, 5.74) is 11.8. The van der Waals surface area contributed by atoms with Gasteiger partial charge in [0.15, 0.2) is 11.5 Å². The second-order valence-electron chi connectivity index (χ2n) is 12.3. The molecule has 12 nitrogen and oxygen atoms in total. The molecule has 0 aromatic heterocycles. The number of benzene rings is 6. The highest BCUT2D eigenvalue weighted by molar-refractivity contribution is 7.94. The predicted octanol–water partition coefficient (Wildman–Crippen LogP) is 11.3. The lowest BCUT2D eigenvalue weighted by Crippen LogP contribution is -2.06. The molecule has 0 aliphatic heterocycles. The lowest BCUT2D eigenvalue weighted by molar-refractivity contribution is -0.403. The quantitative estimate of drug-likeness (QED) is 0.0298. The van der Waals surface area contributed by atoms with Crippen LogP contribution in [0.1, 0.15) is 29.2 Å². The molecule has 0 unspecified atom stereocenters. The van der Waals surface area contributed by atoms with Crippen molar-refractivity contribution in [3.05, 3.63) is 107 Å². The minimum atomic E-state index is -0.335. The molecule has 0 saturated heterocycles. The number of carbonyl (C=O) groups is 1. The number of nitrogens with one attached hydrogen (secondary N) is 1. The summed E-state index contributed by atoms with van der Waals surface area (Å²) >= 11 is 1.02. The summed E-state index contributed by atoms with van der Waals surface area (Å²) in [6.45, 7) is 9.11. The number of aromatic hydroxyl groups is 1. The van der Waals surface area contributed by atoms with Gasteiger partial charge in [0.2, 0.25) is 5.91 Å². The van der Waals surface area contributed by atoms with E-state index in [-0.39, 0.29) is 23.0 Å². The van der Waals surface area contributed by atoms with Crippen molar-refractivity contribution in [2.75, 3.05) is 18.2 Å². The minimum Gasteiger partial charge on any atom is -0.505 e. The van der Waals surface area contributed by atoms with Gasteiger partial charge in [-0.2, -0.15) is 0 Å². The van der Waals surface area contributed by atoms with Crippen LogP contribution >= 0.6 is 12.0 Å². The molecule has 0 aliphatic rings. The second kappa shape index (κ2) is 15.5. The number of phenols is 1. The van der Waals surface area contributed by atoms with Crippen LogP contribution in [-0.2, 0) is 14.2 Å². The van der Waals surface area contributed by atoms with Crippen molar-refractivity contribution in [1.82, 2.24) is 0 Å². The number of hydrogen-bond donors (Lipinski definition) is 3. The fourth-order valence-corrected chi connectivity index (χ4v) is 6.00. The summed E-state index contributed by atoms with van der Waals surface area (Å²) in [5.74, 6) is 0.291. The number of carbonyl (C=O) groups excluding carboxylic acids is 1. The Morgan fingerprint density at radius 2 is 1.46 bits per heavy atom. The number of aryl methyl sites for hydroxylation is 4. The Morgan fingerprint density at radius 1 is 0.750 bits per heavy atom. The number of methoxy groups -OCH3 is 1. The van der Waals surface area contributed by atoms with E-state index in [1.54, 1.807) is 24.3 Å². The molecule has 6 aromatic carbocycles. The number of phenolic OH excluding ortho intramolecular Hbond substituents is 1. The van der Waals surface area contributed by atoms with E-state index >= 15 is 0 Å². The maximum Gasteiger partial charge on any atom is 0.221 e. The van der Waals surface area contributed by atoms with Gasteiger partial charge in [0, 0.05) is 29.0 Å². The van der Waals surface area contributed by atoms with Gasteiger partial charge in [-0.3, -0.25) is 4.79 Å². The Morgan fingerprint density at radius 3 is 2.19 bits per heavy atom. The molecule has 0 spiro atoms. The molecule has 13 heteroatoms. The van der Waals surface area contributed by atoms with E-state index in [1.165, 1.54) is 14.0 Å². The molecule has 0 heterocycles. The number of amides is 1. The fourth-order valence-electron chi connectivity index (χ4n) is 5.62. The van der Waals surface area contributed by atoms with Gasteiger partial charge in [0.25, 0.3) is 0 Å². The van der Waals surface area contributed by atoms with Gasteiger partial charge in [0.1, 0.15) is 22.8 Å². The van der Waals surface area contributed by atoms with E-state index in [2.05, 4.69) is 25.8 Å². The van der Waals surface area contributed by atoms with Crippen LogP contribution in [0.2, 0.25) is 0 Å². The van der Waals surface area contributed by atoms with Crippen LogP contribution < -0.4 is 20.7 Å². The molecule has 52 heavy (non-hydrogen) atoms. The Kier molecular flexibility index (Phi) is 10.7. The lowest BCUT2D eigenvalue weighted by Gasteiger charge is -2.12. The van der Waals surface area contributed by atoms with Crippen LogP contribution in [0, 0.1) is 27.7 Å². The normalized spacial score (nSPS) is 11.6. The number of nitrogen functional groups attached to an aromatic ring is 1. The molecule has 4 N–H and O–H groups in total. The number of ether oxygens (including phenoxy) is 1. The smallest absolute Gasteiger partial charge is 0.221 e. The van der Waals surface area contributed by atoms with Gasteiger partial charge in [-0.1, -0.05) is 35.9 Å². The van der Waals surface area contributed by atoms with E-state index in [9.17, 15) is 9.90 Å². The Balaban J connectivity index is 1.34. The van der Waals surface area contributed by atoms with Gasteiger partial charge in [-0.15, -0.1) is 24.8 Å². The highest BCUT2D eigenvalue weighted by Crippen LogP contribution is 2.44. The lowest BCUT2D eigenvalue weighted by atomic mass is 10.0. The van der Waals surface area contributed by atoms with Crippen LogP contribution in [0.5, 0.6) is 17.2 Å². The zero-order chi connectivity index (χ0) is 36.9. The first-order valence-electron chi connectivity index (χ1n) is 16.1. The zero-order valence-electron chi connectivity index (χ0n) is 29.3. The molecular weight excluding hydrogens is 681 g/mol. The number of nitrogens with two attached hydrogens (primary N) is 1. The Bertz CT molecular complexity index is 2370. The SMILES string of the molecule is COc1cc(N=Nc2cc(C)cc3cc(C)cc(OOOSc4ccc(C)cc4)c23)c(NC(C)=O)cc1N=Nc1c(C)cc2ccc(N)cc2c1O. The first-order valence-corrected chi connectivity index (χ1v) is 16.9. The van der Waals surface area contributed by atoms with E-state index in [0.29, 0.717) is 50.6 Å². The average Bonchev–Trinajstić information content (AvgIpc) is 3.10. The van der Waals surface area contributed by atoms with Gasteiger partial charge >= 0.3 is 0 Å². The van der Waals surface area contributed by atoms with Crippen molar-refractivity contribution in [3.63, 3.8) is 0 Å².